The Labute approximate surface area is 177 Å². The predicted octanol–water partition coefficient (Wildman–Crippen LogP) is 0.811. The summed E-state index contributed by atoms with van der Waals surface area (Å²) >= 11 is 0. The number of carbonyl (C=O) groups is 3. The molecular weight excluding hydrogens is 388 g/mol. The van der Waals surface area contributed by atoms with Crippen molar-refractivity contribution in [2.45, 2.75) is 20.3 Å². The summed E-state index contributed by atoms with van der Waals surface area (Å²) < 4.78 is 0. The second-order valence-electron chi connectivity index (χ2n) is 8.11. The molecule has 1 atom stereocenters. The number of rotatable bonds is 10. The van der Waals surface area contributed by atoms with E-state index < -0.39 is 17.8 Å². The number of carboxylic acid groups (broad SMARTS) is 1. The van der Waals surface area contributed by atoms with E-state index in [2.05, 4.69) is 15.5 Å². The van der Waals surface area contributed by atoms with E-state index in [-0.39, 0.29) is 24.6 Å². The second-order valence-corrected chi connectivity index (χ2v) is 8.11. The lowest BCUT2D eigenvalue weighted by molar-refractivity contribution is -0.144. The molecule has 1 aromatic rings. The molecule has 0 saturated carbocycles. The molecule has 1 aliphatic rings. The summed E-state index contributed by atoms with van der Waals surface area (Å²) in [6.07, 6.45) is -0.150. The highest BCUT2D eigenvalue weighted by Gasteiger charge is 2.27. The Morgan fingerprint density at radius 2 is 1.73 bits per heavy atom. The molecule has 1 heterocycles. The quantitative estimate of drug-likeness (QED) is 0.442. The predicted molar refractivity (Wildman–Crippen MR) is 113 cm³/mol. The fraction of sp³-hybridized carbons (Fsp3) is 0.571. The molecule has 2 rings (SSSR count). The van der Waals surface area contributed by atoms with Crippen LogP contribution in [0.4, 0.5) is 5.69 Å². The van der Waals surface area contributed by atoms with Crippen LogP contribution in [-0.4, -0.2) is 83.6 Å². The maximum absolute atomic E-state index is 12.2. The van der Waals surface area contributed by atoms with E-state index in [4.69, 9.17) is 0 Å². The molecule has 9 nitrogen and oxygen atoms in total. The van der Waals surface area contributed by atoms with E-state index in [0.29, 0.717) is 50.9 Å². The molecule has 0 aromatic heterocycles. The number of phenolic OH excluding ortho intramolecular Hbond substituents is 1. The molecule has 0 aliphatic carbocycles. The van der Waals surface area contributed by atoms with Gasteiger partial charge in [-0.3, -0.25) is 24.2 Å². The van der Waals surface area contributed by atoms with Crippen molar-refractivity contribution >= 4 is 23.5 Å². The highest BCUT2D eigenvalue weighted by Crippen LogP contribution is 2.17. The molecule has 0 unspecified atom stereocenters. The van der Waals surface area contributed by atoms with Crippen LogP contribution < -0.4 is 10.6 Å². The molecule has 9 heteroatoms. The maximum atomic E-state index is 12.2. The van der Waals surface area contributed by atoms with Crippen LogP contribution in [0.5, 0.6) is 5.75 Å². The van der Waals surface area contributed by atoms with Gasteiger partial charge in [0.05, 0.1) is 12.5 Å². The van der Waals surface area contributed by atoms with Crippen LogP contribution in [0.25, 0.3) is 0 Å². The molecule has 0 spiro atoms. The Balaban J connectivity index is 1.77. The minimum atomic E-state index is -1.02. The maximum Gasteiger partial charge on any atom is 0.308 e. The zero-order valence-electron chi connectivity index (χ0n) is 17.6. The first-order valence-electron chi connectivity index (χ1n) is 10.3. The number of carboxylic acids is 1. The largest absolute Gasteiger partial charge is 0.508 e. The van der Waals surface area contributed by atoms with Crippen LogP contribution in [0.2, 0.25) is 0 Å². The van der Waals surface area contributed by atoms with Gasteiger partial charge in [0, 0.05) is 57.4 Å². The number of benzene rings is 1. The lowest BCUT2D eigenvalue weighted by Gasteiger charge is -2.35. The number of nitrogens with one attached hydrogen (secondary N) is 2. The number of anilines is 1. The van der Waals surface area contributed by atoms with Crippen LogP contribution in [-0.2, 0) is 14.4 Å². The smallest absolute Gasteiger partial charge is 0.308 e. The fourth-order valence-corrected chi connectivity index (χ4v) is 3.27. The van der Waals surface area contributed by atoms with Crippen LogP contribution in [0.1, 0.15) is 20.3 Å². The van der Waals surface area contributed by atoms with Crippen molar-refractivity contribution in [3.05, 3.63) is 24.3 Å². The van der Waals surface area contributed by atoms with Crippen molar-refractivity contribution in [2.24, 2.45) is 11.8 Å². The Morgan fingerprint density at radius 1 is 1.07 bits per heavy atom. The first-order valence-corrected chi connectivity index (χ1v) is 10.3. The van der Waals surface area contributed by atoms with Gasteiger partial charge in [-0.25, -0.2) is 0 Å². The summed E-state index contributed by atoms with van der Waals surface area (Å²) in [6, 6.07) is 6.12. The minimum absolute atomic E-state index is 0.00387. The Bertz CT molecular complexity index is 732. The van der Waals surface area contributed by atoms with Gasteiger partial charge in [0.2, 0.25) is 11.8 Å². The van der Waals surface area contributed by atoms with E-state index in [1.807, 2.05) is 18.7 Å². The first-order chi connectivity index (χ1) is 14.2. The highest BCUT2D eigenvalue weighted by atomic mass is 16.4. The van der Waals surface area contributed by atoms with Gasteiger partial charge in [0.15, 0.2) is 0 Å². The standard InChI is InChI=1S/C21H32N4O5/c1-15(2)12-22-20(28)14-25-8-6-24(7-9-25)13-16(21(29)30)10-19(27)23-17-4-3-5-18(26)11-17/h3-5,11,15-16,26H,6-10,12-14H2,1-2H3,(H,22,28)(H,23,27)(H,29,30)/t16-/m1/s1. The normalized spacial score (nSPS) is 16.2. The van der Waals surface area contributed by atoms with E-state index in [0.717, 1.165) is 0 Å². The second kappa shape index (κ2) is 11.5. The summed E-state index contributed by atoms with van der Waals surface area (Å²) in [7, 11) is 0. The van der Waals surface area contributed by atoms with E-state index in [1.165, 1.54) is 12.1 Å². The SMILES string of the molecule is CC(C)CNC(=O)CN1CCN(C[C@@H](CC(=O)Nc2cccc(O)c2)C(=O)O)CC1. The highest BCUT2D eigenvalue weighted by molar-refractivity contribution is 5.93. The summed E-state index contributed by atoms with van der Waals surface area (Å²) in [4.78, 5) is 39.9. The molecular formula is C21H32N4O5. The molecule has 4 N–H and O–H groups in total. The van der Waals surface area contributed by atoms with E-state index in [1.54, 1.807) is 12.1 Å². The Morgan fingerprint density at radius 3 is 2.33 bits per heavy atom. The molecule has 0 radical (unpaired) electrons. The van der Waals surface area contributed by atoms with Crippen molar-refractivity contribution in [1.29, 1.82) is 0 Å². The van der Waals surface area contributed by atoms with E-state index >= 15 is 0 Å². The third kappa shape index (κ3) is 8.38. The van der Waals surface area contributed by atoms with Gasteiger partial charge in [0.1, 0.15) is 5.75 Å². The molecule has 30 heavy (non-hydrogen) atoms. The molecule has 0 bridgehead atoms. The molecule has 1 saturated heterocycles. The number of phenols is 1. The lowest BCUT2D eigenvalue weighted by atomic mass is 10.0. The number of hydrogen-bond donors (Lipinski definition) is 4. The Hall–Kier alpha value is -2.65. The molecule has 166 valence electrons. The van der Waals surface area contributed by atoms with Crippen LogP contribution in [0.3, 0.4) is 0 Å². The van der Waals surface area contributed by atoms with Gasteiger partial charge in [-0.15, -0.1) is 0 Å². The number of piperazine rings is 1. The van der Waals surface area contributed by atoms with Gasteiger partial charge in [-0.2, -0.15) is 0 Å². The summed E-state index contributed by atoms with van der Waals surface area (Å²) in [5.41, 5.74) is 0.425. The average Bonchev–Trinajstić information content (AvgIpc) is 2.67. The zero-order chi connectivity index (χ0) is 22.1. The number of aliphatic carboxylic acids is 1. The van der Waals surface area contributed by atoms with Crippen molar-refractivity contribution in [3.8, 4) is 5.75 Å². The third-order valence-corrected chi connectivity index (χ3v) is 4.93. The fourth-order valence-electron chi connectivity index (χ4n) is 3.27. The van der Waals surface area contributed by atoms with E-state index in [9.17, 15) is 24.6 Å². The number of nitrogens with zero attached hydrogens (tertiary/aromatic N) is 2. The van der Waals surface area contributed by atoms with Gasteiger partial charge in [0.25, 0.3) is 0 Å². The average molecular weight is 421 g/mol. The van der Waals surface area contributed by atoms with Crippen LogP contribution in [0.15, 0.2) is 24.3 Å². The van der Waals surface area contributed by atoms with Crippen LogP contribution >= 0.6 is 0 Å². The molecule has 1 aromatic carbocycles. The monoisotopic (exact) mass is 420 g/mol. The number of carbonyl (C=O) groups excluding carboxylic acids is 2. The number of hydrogen-bond acceptors (Lipinski definition) is 6. The Kier molecular flexibility index (Phi) is 9.07. The molecule has 1 fully saturated rings. The van der Waals surface area contributed by atoms with Gasteiger partial charge < -0.3 is 20.8 Å². The van der Waals surface area contributed by atoms with Gasteiger partial charge in [-0.1, -0.05) is 19.9 Å². The van der Waals surface area contributed by atoms with Crippen molar-refractivity contribution in [1.82, 2.24) is 15.1 Å². The van der Waals surface area contributed by atoms with Gasteiger partial charge >= 0.3 is 5.97 Å². The van der Waals surface area contributed by atoms with Crippen LogP contribution in [0, 0.1) is 11.8 Å². The first kappa shape index (κ1) is 23.6. The molecule has 2 amide bonds. The van der Waals surface area contributed by atoms with Crippen molar-refractivity contribution in [3.63, 3.8) is 0 Å². The van der Waals surface area contributed by atoms with Crippen molar-refractivity contribution < 1.29 is 24.6 Å². The summed E-state index contributed by atoms with van der Waals surface area (Å²) in [5, 5.41) is 24.5. The third-order valence-electron chi connectivity index (χ3n) is 4.93. The lowest BCUT2D eigenvalue weighted by Crippen LogP contribution is -2.51. The zero-order valence-corrected chi connectivity index (χ0v) is 17.6. The number of amides is 2. The summed E-state index contributed by atoms with van der Waals surface area (Å²) in [5.74, 6) is -1.82. The minimum Gasteiger partial charge on any atom is -0.508 e. The summed E-state index contributed by atoms with van der Waals surface area (Å²) in [6.45, 7) is 8.01. The van der Waals surface area contributed by atoms with Gasteiger partial charge in [-0.05, 0) is 18.1 Å². The van der Waals surface area contributed by atoms with Crippen molar-refractivity contribution in [2.75, 3.05) is 51.1 Å². The topological polar surface area (TPSA) is 122 Å². The molecule has 1 aliphatic heterocycles. The number of aromatic hydroxyl groups is 1.